The van der Waals surface area contributed by atoms with E-state index in [4.69, 9.17) is 0 Å². The van der Waals surface area contributed by atoms with Crippen molar-refractivity contribution < 1.29 is 0 Å². The van der Waals surface area contributed by atoms with Crippen LogP contribution in [0.1, 0.15) is 10.4 Å². The molecule has 0 radical (unpaired) electrons. The van der Waals surface area contributed by atoms with Gasteiger partial charge in [0, 0.05) is 38.5 Å². The van der Waals surface area contributed by atoms with E-state index in [-0.39, 0.29) is 0 Å². The van der Waals surface area contributed by atoms with Gasteiger partial charge in [-0.2, -0.15) is 0 Å². The number of benzene rings is 1. The number of nitrogens with one attached hydrogen (secondary N) is 1. The van der Waals surface area contributed by atoms with Gasteiger partial charge in [0.2, 0.25) is 0 Å². The predicted octanol–water partition coefficient (Wildman–Crippen LogP) is 4.70. The molecule has 0 bridgehead atoms. The van der Waals surface area contributed by atoms with E-state index in [0.717, 1.165) is 18.8 Å². The molecule has 0 atom stereocenters. The molecule has 18 heavy (non-hydrogen) atoms. The summed E-state index contributed by atoms with van der Waals surface area (Å²) in [5, 5.41) is 5.59. The van der Waals surface area contributed by atoms with Crippen LogP contribution in [-0.2, 0) is 6.54 Å². The molecule has 0 aliphatic carbocycles. The lowest BCUT2D eigenvalue weighted by atomic mass is 10.2. The second-order valence-electron chi connectivity index (χ2n) is 4.07. The van der Waals surface area contributed by atoms with Gasteiger partial charge < -0.3 is 5.32 Å². The molecule has 0 saturated carbocycles. The van der Waals surface area contributed by atoms with Crippen molar-refractivity contribution in [3.05, 3.63) is 50.6 Å². The average molecular weight is 342 g/mol. The average Bonchev–Trinajstić information content (AvgIpc) is 2.75. The fourth-order valence-electron chi connectivity index (χ4n) is 1.60. The summed E-state index contributed by atoms with van der Waals surface area (Å²) in [6, 6.07) is 10.8. The molecule has 1 aromatic carbocycles. The third-order valence-electron chi connectivity index (χ3n) is 2.46. The number of rotatable bonds is 6. The van der Waals surface area contributed by atoms with Crippen molar-refractivity contribution in [3.63, 3.8) is 0 Å². The Morgan fingerprint density at radius 3 is 2.94 bits per heavy atom. The van der Waals surface area contributed by atoms with Gasteiger partial charge in [-0.25, -0.2) is 0 Å². The predicted molar refractivity (Wildman–Crippen MR) is 85.6 cm³/mol. The SMILES string of the molecule is Cc1cccc(SCCNCc2cc(Br)cs2)c1. The first kappa shape index (κ1) is 14.1. The Kier molecular flexibility index (Phi) is 5.76. The van der Waals surface area contributed by atoms with Crippen molar-refractivity contribution in [1.82, 2.24) is 5.32 Å². The standard InChI is InChI=1S/C14H16BrNS2/c1-11-3-2-4-13(7-11)17-6-5-16-9-14-8-12(15)10-18-14/h2-4,7-8,10,16H,5-6,9H2,1H3. The van der Waals surface area contributed by atoms with Crippen LogP contribution in [0.3, 0.4) is 0 Å². The first-order valence-electron chi connectivity index (χ1n) is 5.87. The summed E-state index contributed by atoms with van der Waals surface area (Å²) >= 11 is 7.17. The Balaban J connectivity index is 1.64. The zero-order valence-electron chi connectivity index (χ0n) is 10.3. The Labute approximate surface area is 125 Å². The second kappa shape index (κ2) is 7.34. The van der Waals surface area contributed by atoms with Crippen LogP contribution in [0, 0.1) is 6.92 Å². The van der Waals surface area contributed by atoms with E-state index in [1.807, 2.05) is 11.8 Å². The Morgan fingerprint density at radius 1 is 1.33 bits per heavy atom. The highest BCUT2D eigenvalue weighted by atomic mass is 79.9. The van der Waals surface area contributed by atoms with Crippen LogP contribution in [0.4, 0.5) is 0 Å². The molecule has 1 aromatic heterocycles. The number of hydrogen-bond acceptors (Lipinski definition) is 3. The van der Waals surface area contributed by atoms with Crippen LogP contribution in [-0.4, -0.2) is 12.3 Å². The molecule has 0 unspecified atom stereocenters. The first-order chi connectivity index (χ1) is 8.74. The van der Waals surface area contributed by atoms with E-state index in [1.54, 1.807) is 11.3 Å². The van der Waals surface area contributed by atoms with Gasteiger partial charge in [-0.15, -0.1) is 23.1 Å². The van der Waals surface area contributed by atoms with Gasteiger partial charge in [0.1, 0.15) is 0 Å². The van der Waals surface area contributed by atoms with Crippen molar-refractivity contribution in [2.75, 3.05) is 12.3 Å². The number of thiophene rings is 1. The third kappa shape index (κ3) is 4.76. The normalized spacial score (nSPS) is 10.8. The summed E-state index contributed by atoms with van der Waals surface area (Å²) in [5.41, 5.74) is 1.33. The van der Waals surface area contributed by atoms with Crippen molar-refractivity contribution >= 4 is 39.0 Å². The number of hydrogen-bond donors (Lipinski definition) is 1. The molecule has 2 aromatic rings. The molecule has 0 spiro atoms. The molecule has 0 fully saturated rings. The minimum atomic E-state index is 0.963. The first-order valence-corrected chi connectivity index (χ1v) is 8.53. The van der Waals surface area contributed by atoms with Gasteiger partial charge in [-0.05, 0) is 41.1 Å². The smallest absolute Gasteiger partial charge is 0.0300 e. The van der Waals surface area contributed by atoms with Crippen molar-refractivity contribution in [3.8, 4) is 0 Å². The Hall–Kier alpha value is -0.290. The van der Waals surface area contributed by atoms with Crippen LogP contribution in [0.5, 0.6) is 0 Å². The molecule has 0 aliphatic heterocycles. The maximum atomic E-state index is 3.47. The molecule has 1 heterocycles. The molecule has 1 N–H and O–H groups in total. The molecule has 0 amide bonds. The zero-order chi connectivity index (χ0) is 12.8. The molecule has 0 aliphatic rings. The number of thioether (sulfide) groups is 1. The molecule has 0 saturated heterocycles. The second-order valence-corrected chi connectivity index (χ2v) is 7.15. The molecule has 1 nitrogen and oxygen atoms in total. The Morgan fingerprint density at radius 2 is 2.22 bits per heavy atom. The Bertz CT molecular complexity index is 496. The van der Waals surface area contributed by atoms with Gasteiger partial charge in [0.25, 0.3) is 0 Å². The van der Waals surface area contributed by atoms with E-state index in [1.165, 1.54) is 19.8 Å². The van der Waals surface area contributed by atoms with Crippen LogP contribution >= 0.6 is 39.0 Å². The highest BCUT2D eigenvalue weighted by molar-refractivity contribution is 9.10. The van der Waals surface area contributed by atoms with Crippen LogP contribution in [0.15, 0.2) is 45.1 Å². The highest BCUT2D eigenvalue weighted by Gasteiger charge is 1.97. The minimum Gasteiger partial charge on any atom is -0.311 e. The number of aryl methyl sites for hydroxylation is 1. The third-order valence-corrected chi connectivity index (χ3v) is 5.15. The summed E-state index contributed by atoms with van der Waals surface area (Å²) in [7, 11) is 0. The zero-order valence-corrected chi connectivity index (χ0v) is 13.5. The topological polar surface area (TPSA) is 12.0 Å². The lowest BCUT2D eigenvalue weighted by Gasteiger charge is -2.04. The highest BCUT2D eigenvalue weighted by Crippen LogP contribution is 2.20. The molecular weight excluding hydrogens is 326 g/mol. The largest absolute Gasteiger partial charge is 0.311 e. The number of halogens is 1. The monoisotopic (exact) mass is 341 g/mol. The molecule has 2 rings (SSSR count). The van der Waals surface area contributed by atoms with Crippen molar-refractivity contribution in [2.24, 2.45) is 0 Å². The lowest BCUT2D eigenvalue weighted by Crippen LogP contribution is -2.15. The van der Waals surface area contributed by atoms with Crippen LogP contribution < -0.4 is 5.32 Å². The van der Waals surface area contributed by atoms with E-state index in [0.29, 0.717) is 0 Å². The fourth-order valence-corrected chi connectivity index (χ4v) is 3.95. The minimum absolute atomic E-state index is 0.963. The fraction of sp³-hybridized carbons (Fsp3) is 0.286. The lowest BCUT2D eigenvalue weighted by molar-refractivity contribution is 0.741. The van der Waals surface area contributed by atoms with Gasteiger partial charge in [0.05, 0.1) is 0 Å². The maximum Gasteiger partial charge on any atom is 0.0300 e. The van der Waals surface area contributed by atoms with E-state index >= 15 is 0 Å². The van der Waals surface area contributed by atoms with Crippen molar-refractivity contribution in [1.29, 1.82) is 0 Å². The van der Waals surface area contributed by atoms with E-state index in [9.17, 15) is 0 Å². The maximum absolute atomic E-state index is 3.47. The van der Waals surface area contributed by atoms with Gasteiger partial charge in [-0.3, -0.25) is 0 Å². The summed E-state index contributed by atoms with van der Waals surface area (Å²) in [5.74, 6) is 1.11. The quantitative estimate of drug-likeness (QED) is 0.603. The van der Waals surface area contributed by atoms with Crippen LogP contribution in [0.2, 0.25) is 0 Å². The van der Waals surface area contributed by atoms with Gasteiger partial charge in [-0.1, -0.05) is 17.7 Å². The molecular formula is C14H16BrNS2. The molecule has 4 heteroatoms. The van der Waals surface area contributed by atoms with Gasteiger partial charge in [0.15, 0.2) is 0 Å². The summed E-state index contributed by atoms with van der Waals surface area (Å²) < 4.78 is 1.18. The van der Waals surface area contributed by atoms with Gasteiger partial charge >= 0.3 is 0 Å². The summed E-state index contributed by atoms with van der Waals surface area (Å²) in [4.78, 5) is 2.73. The van der Waals surface area contributed by atoms with Crippen molar-refractivity contribution in [2.45, 2.75) is 18.4 Å². The molecule has 96 valence electrons. The summed E-state index contributed by atoms with van der Waals surface area (Å²) in [6.45, 7) is 4.13. The van der Waals surface area contributed by atoms with E-state index < -0.39 is 0 Å². The van der Waals surface area contributed by atoms with E-state index in [2.05, 4.69) is 63.9 Å². The summed E-state index contributed by atoms with van der Waals surface area (Å²) in [6.07, 6.45) is 0. The van der Waals surface area contributed by atoms with Crippen LogP contribution in [0.25, 0.3) is 0 Å².